The molecule has 1 saturated carbocycles. The lowest BCUT2D eigenvalue weighted by atomic mass is 9.87. The molecule has 3 heterocycles. The van der Waals surface area contributed by atoms with Crippen LogP contribution in [0, 0.1) is 5.92 Å². The number of nitrogens with zero attached hydrogens (tertiary/aromatic N) is 3. The number of nitrogens with one attached hydrogen (secondary N) is 1. The van der Waals surface area contributed by atoms with Gasteiger partial charge in [0.05, 0.1) is 0 Å². The zero-order chi connectivity index (χ0) is 16.4. The summed E-state index contributed by atoms with van der Waals surface area (Å²) >= 11 is 0. The summed E-state index contributed by atoms with van der Waals surface area (Å²) < 4.78 is 5.39. The maximum absolute atomic E-state index is 10.7. The molecule has 6 nitrogen and oxygen atoms in total. The van der Waals surface area contributed by atoms with Crippen molar-refractivity contribution >= 4 is 11.0 Å². The average molecular weight is 326 g/mol. The molecular formula is C18H22N4O2. The summed E-state index contributed by atoms with van der Waals surface area (Å²) in [7, 11) is 0. The highest BCUT2D eigenvalue weighted by molar-refractivity contribution is 5.90. The molecule has 0 amide bonds. The zero-order valence-corrected chi connectivity index (χ0v) is 13.6. The van der Waals surface area contributed by atoms with Crippen molar-refractivity contribution in [3.05, 3.63) is 30.4 Å². The lowest BCUT2D eigenvalue weighted by Crippen LogP contribution is -2.14. The molecule has 6 heteroatoms. The fraction of sp³-hybridized carbons (Fsp3) is 0.500. The smallest absolute Gasteiger partial charge is 0.256 e. The van der Waals surface area contributed by atoms with Gasteiger partial charge in [0.25, 0.3) is 5.89 Å². The molecule has 1 atom stereocenters. The Kier molecular flexibility index (Phi) is 4.30. The summed E-state index contributed by atoms with van der Waals surface area (Å²) in [6, 6.07) is 3.81. The van der Waals surface area contributed by atoms with Gasteiger partial charge in [-0.2, -0.15) is 4.98 Å². The second-order valence-electron chi connectivity index (χ2n) is 6.60. The Hall–Kier alpha value is -2.21. The predicted octanol–water partition coefficient (Wildman–Crippen LogP) is 4.01. The highest BCUT2D eigenvalue weighted by Gasteiger charge is 2.27. The van der Waals surface area contributed by atoms with Crippen LogP contribution in [-0.2, 0) is 0 Å². The highest BCUT2D eigenvalue weighted by Crippen LogP contribution is 2.33. The van der Waals surface area contributed by atoms with Crippen LogP contribution in [0.25, 0.3) is 22.4 Å². The average Bonchev–Trinajstić information content (AvgIpc) is 3.23. The largest absolute Gasteiger partial charge is 0.383 e. The highest BCUT2D eigenvalue weighted by atomic mass is 16.5. The van der Waals surface area contributed by atoms with Gasteiger partial charge in [-0.05, 0) is 30.9 Å². The number of aliphatic hydroxyl groups is 1. The predicted molar refractivity (Wildman–Crippen MR) is 90.2 cm³/mol. The molecule has 1 aliphatic rings. The van der Waals surface area contributed by atoms with E-state index < -0.39 is 6.10 Å². The monoisotopic (exact) mass is 326 g/mol. The molecule has 126 valence electrons. The molecule has 1 unspecified atom stereocenters. The van der Waals surface area contributed by atoms with E-state index >= 15 is 0 Å². The van der Waals surface area contributed by atoms with Crippen LogP contribution in [-0.4, -0.2) is 25.2 Å². The van der Waals surface area contributed by atoms with E-state index in [0.29, 0.717) is 11.7 Å². The Morgan fingerprint density at radius 3 is 2.75 bits per heavy atom. The molecule has 0 saturated heterocycles. The van der Waals surface area contributed by atoms with E-state index in [1.807, 2.05) is 18.3 Å². The number of hydrogen-bond acceptors (Lipinski definition) is 5. The van der Waals surface area contributed by atoms with Crippen molar-refractivity contribution in [2.45, 2.75) is 51.0 Å². The van der Waals surface area contributed by atoms with Gasteiger partial charge in [-0.15, -0.1) is 0 Å². The van der Waals surface area contributed by atoms with Gasteiger partial charge < -0.3 is 14.6 Å². The van der Waals surface area contributed by atoms with E-state index in [1.165, 1.54) is 19.3 Å². The minimum absolute atomic E-state index is 0.211. The van der Waals surface area contributed by atoms with Gasteiger partial charge in [0.2, 0.25) is 5.82 Å². The quantitative estimate of drug-likeness (QED) is 0.759. The molecule has 1 aliphatic carbocycles. The van der Waals surface area contributed by atoms with E-state index in [1.54, 1.807) is 6.20 Å². The van der Waals surface area contributed by atoms with Gasteiger partial charge in [-0.3, -0.25) is 0 Å². The molecule has 24 heavy (non-hydrogen) atoms. The van der Waals surface area contributed by atoms with Crippen molar-refractivity contribution in [2.24, 2.45) is 5.92 Å². The van der Waals surface area contributed by atoms with Crippen LogP contribution in [0.1, 0.15) is 56.9 Å². The van der Waals surface area contributed by atoms with Crippen molar-refractivity contribution in [3.8, 4) is 11.4 Å². The number of H-pyrrole nitrogens is 1. The maximum Gasteiger partial charge on any atom is 0.256 e. The summed E-state index contributed by atoms with van der Waals surface area (Å²) in [5.74, 6) is 1.04. The van der Waals surface area contributed by atoms with E-state index in [-0.39, 0.29) is 5.92 Å². The molecule has 1 fully saturated rings. The molecular weight excluding hydrogens is 304 g/mol. The van der Waals surface area contributed by atoms with Gasteiger partial charge in [0.15, 0.2) is 0 Å². The van der Waals surface area contributed by atoms with Crippen LogP contribution in [0.5, 0.6) is 0 Å². The summed E-state index contributed by atoms with van der Waals surface area (Å²) in [6.45, 7) is 0. The van der Waals surface area contributed by atoms with Crippen LogP contribution in [0.3, 0.4) is 0 Å². The van der Waals surface area contributed by atoms with Crippen LogP contribution < -0.4 is 0 Å². The molecule has 2 N–H and O–H groups in total. The number of rotatable bonds is 3. The molecule has 0 bridgehead atoms. The summed E-state index contributed by atoms with van der Waals surface area (Å²) in [5, 5.41) is 15.7. The second kappa shape index (κ2) is 6.73. The summed E-state index contributed by atoms with van der Waals surface area (Å²) in [6.07, 6.45) is 11.1. The maximum atomic E-state index is 10.7. The molecule has 0 aliphatic heterocycles. The number of pyridine rings is 1. The first-order valence-corrected chi connectivity index (χ1v) is 8.77. The Labute approximate surface area is 140 Å². The normalized spacial score (nSPS) is 18.4. The van der Waals surface area contributed by atoms with Crippen LogP contribution in [0.2, 0.25) is 0 Å². The molecule has 3 aromatic heterocycles. The SMILES string of the molecule is OC(c1nc(-c2ccnc3[nH]ccc23)no1)C1CCCCCCC1. The fourth-order valence-electron chi connectivity index (χ4n) is 3.63. The first-order valence-electron chi connectivity index (χ1n) is 8.77. The zero-order valence-electron chi connectivity index (χ0n) is 13.6. The minimum Gasteiger partial charge on any atom is -0.383 e. The molecule has 3 aromatic rings. The van der Waals surface area contributed by atoms with Gasteiger partial charge in [-0.25, -0.2) is 4.98 Å². The minimum atomic E-state index is -0.673. The standard InChI is InChI=1S/C18H22N4O2/c23-15(12-6-4-2-1-3-5-7-12)18-21-17(22-24-18)14-9-11-20-16-13(14)8-10-19-16/h8-12,15,23H,1-7H2,(H,19,20). The number of aliphatic hydroxyl groups excluding tert-OH is 1. The van der Waals surface area contributed by atoms with Crippen LogP contribution in [0.4, 0.5) is 0 Å². The Balaban J connectivity index is 1.58. The van der Waals surface area contributed by atoms with Crippen molar-refractivity contribution in [1.82, 2.24) is 20.1 Å². The number of aromatic nitrogens is 4. The molecule has 0 spiro atoms. The number of aromatic amines is 1. The second-order valence-corrected chi connectivity index (χ2v) is 6.60. The number of fused-ring (bicyclic) bond motifs is 1. The lowest BCUT2D eigenvalue weighted by Gasteiger charge is -2.22. The van der Waals surface area contributed by atoms with Crippen molar-refractivity contribution in [2.75, 3.05) is 0 Å². The molecule has 0 aromatic carbocycles. The van der Waals surface area contributed by atoms with E-state index in [4.69, 9.17) is 4.52 Å². The van der Waals surface area contributed by atoms with E-state index in [0.717, 1.165) is 42.3 Å². The van der Waals surface area contributed by atoms with Crippen LogP contribution >= 0.6 is 0 Å². The molecule has 4 rings (SSSR count). The Bertz CT molecular complexity index is 802. The third-order valence-electron chi connectivity index (χ3n) is 4.99. The Morgan fingerprint density at radius 2 is 1.92 bits per heavy atom. The van der Waals surface area contributed by atoms with Crippen molar-refractivity contribution < 1.29 is 9.63 Å². The Morgan fingerprint density at radius 1 is 1.12 bits per heavy atom. The third-order valence-corrected chi connectivity index (χ3v) is 4.99. The van der Waals surface area contributed by atoms with Crippen molar-refractivity contribution in [3.63, 3.8) is 0 Å². The van der Waals surface area contributed by atoms with E-state index in [9.17, 15) is 5.11 Å². The number of hydrogen-bond donors (Lipinski definition) is 2. The summed E-state index contributed by atoms with van der Waals surface area (Å²) in [4.78, 5) is 11.8. The topological polar surface area (TPSA) is 87.8 Å². The van der Waals surface area contributed by atoms with Gasteiger partial charge in [0.1, 0.15) is 11.8 Å². The third kappa shape index (κ3) is 2.94. The van der Waals surface area contributed by atoms with Crippen LogP contribution in [0.15, 0.2) is 29.0 Å². The first-order chi connectivity index (χ1) is 11.8. The fourth-order valence-corrected chi connectivity index (χ4v) is 3.63. The van der Waals surface area contributed by atoms with Gasteiger partial charge in [0, 0.05) is 23.3 Å². The lowest BCUT2D eigenvalue weighted by molar-refractivity contribution is 0.0605. The van der Waals surface area contributed by atoms with Gasteiger partial charge >= 0.3 is 0 Å². The first kappa shape index (κ1) is 15.3. The van der Waals surface area contributed by atoms with Gasteiger partial charge in [-0.1, -0.05) is 37.3 Å². The molecule has 0 radical (unpaired) electrons. The van der Waals surface area contributed by atoms with Crippen molar-refractivity contribution in [1.29, 1.82) is 0 Å². The van der Waals surface area contributed by atoms with E-state index in [2.05, 4.69) is 20.1 Å². The summed E-state index contributed by atoms with van der Waals surface area (Å²) in [5.41, 5.74) is 1.65.